The Kier molecular flexibility index (Phi) is 8.58. The lowest BCUT2D eigenvalue weighted by Gasteiger charge is -2.15. The fourth-order valence-corrected chi connectivity index (χ4v) is 3.08. The van der Waals surface area contributed by atoms with Crippen LogP contribution in [0.3, 0.4) is 0 Å². The normalized spacial score (nSPS) is 12.4. The number of carbonyl (C=O) groups excluding carboxylic acids is 3. The maximum Gasteiger partial charge on any atom is 0.338 e. The van der Waals surface area contributed by atoms with Crippen LogP contribution in [0.1, 0.15) is 36.2 Å². The fraction of sp³-hybridized carbons (Fsp3) is 0.500. The number of ether oxygens (including phenoxy) is 1. The highest BCUT2D eigenvalue weighted by Gasteiger charge is 2.22. The molecule has 1 atom stereocenters. The second kappa shape index (κ2) is 10.2. The number of benzene rings is 1. The smallest absolute Gasteiger partial charge is 0.338 e. The Morgan fingerprint density at radius 3 is 2.43 bits per heavy atom. The Hall–Kier alpha value is -2.46. The summed E-state index contributed by atoms with van der Waals surface area (Å²) in [7, 11) is -0.944. The van der Waals surface area contributed by atoms with Crippen LogP contribution < -0.4 is 10.6 Å². The van der Waals surface area contributed by atoms with E-state index in [1.54, 1.807) is 6.92 Å². The number of nitrogens with zero attached hydrogens (tertiary/aromatic N) is 1. The molecule has 10 heteroatoms. The van der Waals surface area contributed by atoms with Gasteiger partial charge in [-0.25, -0.2) is 17.5 Å². The van der Waals surface area contributed by atoms with E-state index in [0.29, 0.717) is 12.1 Å². The zero-order chi connectivity index (χ0) is 21.5. The fourth-order valence-electron chi connectivity index (χ4n) is 2.15. The van der Waals surface area contributed by atoms with Crippen LogP contribution in [0.4, 0.5) is 0 Å². The number of amides is 2. The minimum Gasteiger partial charge on any atom is -0.452 e. The summed E-state index contributed by atoms with van der Waals surface area (Å²) in [6.07, 6.45) is 0.770. The van der Waals surface area contributed by atoms with Gasteiger partial charge >= 0.3 is 5.97 Å². The van der Waals surface area contributed by atoms with Crippen molar-refractivity contribution in [3.63, 3.8) is 0 Å². The maximum absolute atomic E-state index is 12.3. The van der Waals surface area contributed by atoms with E-state index in [-0.39, 0.29) is 16.4 Å². The third-order valence-electron chi connectivity index (χ3n) is 3.86. The third kappa shape index (κ3) is 6.31. The van der Waals surface area contributed by atoms with Crippen molar-refractivity contribution in [2.45, 2.75) is 38.1 Å². The summed E-state index contributed by atoms with van der Waals surface area (Å²) in [4.78, 5) is 35.9. The molecule has 0 unspecified atom stereocenters. The molecule has 1 aromatic carbocycles. The summed E-state index contributed by atoms with van der Waals surface area (Å²) in [6.45, 7) is 4.96. The molecule has 156 valence electrons. The van der Waals surface area contributed by atoms with Crippen molar-refractivity contribution >= 4 is 27.8 Å². The van der Waals surface area contributed by atoms with Gasteiger partial charge in [0.05, 0.1) is 10.5 Å². The predicted octanol–water partition coefficient (Wildman–Crippen LogP) is 0.433. The lowest BCUT2D eigenvalue weighted by Crippen LogP contribution is -2.46. The summed E-state index contributed by atoms with van der Waals surface area (Å²) < 4.78 is 30.4. The summed E-state index contributed by atoms with van der Waals surface area (Å²) >= 11 is 0. The molecule has 0 bridgehead atoms. The van der Waals surface area contributed by atoms with Crippen molar-refractivity contribution in [2.24, 2.45) is 0 Å². The number of nitrogens with one attached hydrogen (secondary N) is 2. The number of sulfonamides is 1. The molecule has 0 aliphatic rings. The van der Waals surface area contributed by atoms with Crippen molar-refractivity contribution in [3.05, 3.63) is 29.3 Å². The number of rotatable bonds is 9. The van der Waals surface area contributed by atoms with E-state index in [1.165, 1.54) is 39.2 Å². The molecular formula is C18H27N3O6S. The molecular weight excluding hydrogens is 386 g/mol. The van der Waals surface area contributed by atoms with Crippen LogP contribution in [0.25, 0.3) is 0 Å². The summed E-state index contributed by atoms with van der Waals surface area (Å²) in [5, 5.41) is 5.07. The van der Waals surface area contributed by atoms with E-state index in [1.807, 2.05) is 6.92 Å². The second-order valence-electron chi connectivity index (χ2n) is 6.42. The number of aryl methyl sites for hydroxylation is 1. The quantitative estimate of drug-likeness (QED) is 0.566. The Balaban J connectivity index is 2.76. The van der Waals surface area contributed by atoms with Crippen molar-refractivity contribution in [1.29, 1.82) is 0 Å². The zero-order valence-electron chi connectivity index (χ0n) is 16.7. The lowest BCUT2D eigenvalue weighted by atomic mass is 10.1. The van der Waals surface area contributed by atoms with Crippen LogP contribution in [-0.4, -0.2) is 63.8 Å². The topological polar surface area (TPSA) is 122 Å². The molecule has 2 N–H and O–H groups in total. The maximum atomic E-state index is 12.3. The van der Waals surface area contributed by atoms with Gasteiger partial charge in [-0.05, 0) is 38.0 Å². The lowest BCUT2D eigenvalue weighted by molar-refractivity contribution is -0.130. The van der Waals surface area contributed by atoms with Gasteiger partial charge in [-0.2, -0.15) is 0 Å². The molecule has 0 saturated carbocycles. The van der Waals surface area contributed by atoms with Gasteiger partial charge in [-0.1, -0.05) is 13.0 Å². The molecule has 0 saturated heterocycles. The molecule has 1 aromatic rings. The SMILES string of the molecule is CCCNC(=O)[C@@H](C)NC(=O)COC(=O)c1cc(S(=O)(=O)N(C)C)ccc1C. The Morgan fingerprint density at radius 1 is 1.21 bits per heavy atom. The Labute approximate surface area is 165 Å². The summed E-state index contributed by atoms with van der Waals surface area (Å²) in [6, 6.07) is 3.33. The average Bonchev–Trinajstić information content (AvgIpc) is 2.63. The molecule has 1 rings (SSSR count). The van der Waals surface area contributed by atoms with Crippen LogP contribution in [0.5, 0.6) is 0 Å². The summed E-state index contributed by atoms with van der Waals surface area (Å²) in [5.74, 6) is -1.80. The number of esters is 1. The van der Waals surface area contributed by atoms with Crippen LogP contribution in [0.15, 0.2) is 23.1 Å². The van der Waals surface area contributed by atoms with Gasteiger partial charge in [-0.3, -0.25) is 9.59 Å². The largest absolute Gasteiger partial charge is 0.452 e. The van der Waals surface area contributed by atoms with Crippen molar-refractivity contribution < 1.29 is 27.5 Å². The average molecular weight is 413 g/mol. The van der Waals surface area contributed by atoms with E-state index < -0.39 is 34.5 Å². The highest BCUT2D eigenvalue weighted by molar-refractivity contribution is 7.89. The minimum atomic E-state index is -3.71. The van der Waals surface area contributed by atoms with Gasteiger partial charge in [0, 0.05) is 20.6 Å². The van der Waals surface area contributed by atoms with E-state index in [9.17, 15) is 22.8 Å². The van der Waals surface area contributed by atoms with Crippen molar-refractivity contribution in [2.75, 3.05) is 27.2 Å². The zero-order valence-corrected chi connectivity index (χ0v) is 17.6. The molecule has 0 fully saturated rings. The molecule has 0 aliphatic heterocycles. The van der Waals surface area contributed by atoms with E-state index >= 15 is 0 Å². The molecule has 0 aliphatic carbocycles. The number of hydrogen-bond acceptors (Lipinski definition) is 6. The van der Waals surface area contributed by atoms with Crippen molar-refractivity contribution in [3.8, 4) is 0 Å². The molecule has 0 spiro atoms. The Morgan fingerprint density at radius 2 is 1.86 bits per heavy atom. The van der Waals surface area contributed by atoms with Crippen LogP contribution >= 0.6 is 0 Å². The first-order valence-corrected chi connectivity index (χ1v) is 10.2. The van der Waals surface area contributed by atoms with E-state index in [2.05, 4.69) is 10.6 Å². The first kappa shape index (κ1) is 23.6. The van der Waals surface area contributed by atoms with Crippen LogP contribution in [-0.2, 0) is 24.3 Å². The third-order valence-corrected chi connectivity index (χ3v) is 5.67. The highest BCUT2D eigenvalue weighted by atomic mass is 32.2. The van der Waals surface area contributed by atoms with Gasteiger partial charge in [-0.15, -0.1) is 0 Å². The monoisotopic (exact) mass is 413 g/mol. The molecule has 9 nitrogen and oxygen atoms in total. The highest BCUT2D eigenvalue weighted by Crippen LogP contribution is 2.18. The van der Waals surface area contributed by atoms with Gasteiger partial charge in [0.15, 0.2) is 6.61 Å². The molecule has 28 heavy (non-hydrogen) atoms. The number of hydrogen-bond donors (Lipinski definition) is 2. The molecule has 0 aromatic heterocycles. The Bertz CT molecular complexity index is 836. The first-order chi connectivity index (χ1) is 13.0. The standard InChI is InChI=1S/C18H27N3O6S/c1-6-9-19-17(23)13(3)20-16(22)11-27-18(24)15-10-14(8-7-12(15)2)28(25,26)21(4)5/h7-8,10,13H,6,9,11H2,1-5H3,(H,19,23)(H,20,22)/t13-/m1/s1. The van der Waals surface area contributed by atoms with Gasteiger partial charge in [0.1, 0.15) is 6.04 Å². The van der Waals surface area contributed by atoms with Crippen LogP contribution in [0, 0.1) is 6.92 Å². The summed E-state index contributed by atoms with van der Waals surface area (Å²) in [5.41, 5.74) is 0.555. The van der Waals surface area contributed by atoms with Crippen LogP contribution in [0.2, 0.25) is 0 Å². The number of carbonyl (C=O) groups is 3. The molecule has 0 radical (unpaired) electrons. The van der Waals surface area contributed by atoms with Gasteiger partial charge in [0.2, 0.25) is 15.9 Å². The molecule has 0 heterocycles. The van der Waals surface area contributed by atoms with Gasteiger partial charge < -0.3 is 15.4 Å². The van der Waals surface area contributed by atoms with E-state index in [4.69, 9.17) is 4.74 Å². The second-order valence-corrected chi connectivity index (χ2v) is 8.57. The first-order valence-electron chi connectivity index (χ1n) is 8.78. The van der Waals surface area contributed by atoms with Crippen molar-refractivity contribution in [1.82, 2.24) is 14.9 Å². The van der Waals surface area contributed by atoms with Gasteiger partial charge in [0.25, 0.3) is 5.91 Å². The predicted molar refractivity (Wildman–Crippen MR) is 103 cm³/mol. The van der Waals surface area contributed by atoms with E-state index in [0.717, 1.165) is 10.7 Å². The minimum absolute atomic E-state index is 0.0458. The molecule has 2 amide bonds.